The molecule has 3 rings (SSSR count). The minimum absolute atomic E-state index is 0.945. The molecule has 0 aliphatic rings. The van der Waals surface area contributed by atoms with Crippen LogP contribution in [0.1, 0.15) is 5.56 Å². The monoisotopic (exact) mass is 211 g/mol. The SMILES string of the molecule is Cc1cn(C)cc1-c1cc2cccnc2[nH]1. The number of aryl methyl sites for hydroxylation is 2. The summed E-state index contributed by atoms with van der Waals surface area (Å²) in [4.78, 5) is 7.64. The van der Waals surface area contributed by atoms with Crippen LogP contribution < -0.4 is 0 Å². The zero-order chi connectivity index (χ0) is 11.1. The number of aromatic amines is 1. The summed E-state index contributed by atoms with van der Waals surface area (Å²) in [5, 5.41) is 1.15. The normalized spacial score (nSPS) is 11.1. The Morgan fingerprint density at radius 3 is 2.88 bits per heavy atom. The zero-order valence-corrected chi connectivity index (χ0v) is 9.36. The zero-order valence-electron chi connectivity index (χ0n) is 9.36. The Kier molecular flexibility index (Phi) is 1.86. The largest absolute Gasteiger partial charge is 0.356 e. The fourth-order valence-electron chi connectivity index (χ4n) is 2.10. The van der Waals surface area contributed by atoms with Crippen LogP contribution in [0.2, 0.25) is 0 Å². The van der Waals surface area contributed by atoms with Gasteiger partial charge in [0.1, 0.15) is 5.65 Å². The Labute approximate surface area is 93.7 Å². The average molecular weight is 211 g/mol. The number of fused-ring (bicyclic) bond motifs is 1. The molecular weight excluding hydrogens is 198 g/mol. The first-order valence-electron chi connectivity index (χ1n) is 5.31. The summed E-state index contributed by atoms with van der Waals surface area (Å²) < 4.78 is 2.07. The van der Waals surface area contributed by atoms with E-state index in [4.69, 9.17) is 0 Å². The van der Waals surface area contributed by atoms with E-state index < -0.39 is 0 Å². The van der Waals surface area contributed by atoms with Gasteiger partial charge in [-0.15, -0.1) is 0 Å². The number of aromatic nitrogens is 3. The van der Waals surface area contributed by atoms with Gasteiger partial charge in [0.05, 0.1) is 0 Å². The Balaban J connectivity index is 2.22. The van der Waals surface area contributed by atoms with Crippen LogP contribution in [0.25, 0.3) is 22.3 Å². The molecule has 0 aromatic carbocycles. The van der Waals surface area contributed by atoms with Gasteiger partial charge in [-0.25, -0.2) is 4.98 Å². The highest BCUT2D eigenvalue weighted by molar-refractivity contribution is 5.83. The predicted molar refractivity (Wildman–Crippen MR) is 65.2 cm³/mol. The molecule has 0 unspecified atom stereocenters. The van der Waals surface area contributed by atoms with Gasteiger partial charge in [-0.1, -0.05) is 0 Å². The van der Waals surface area contributed by atoms with E-state index in [-0.39, 0.29) is 0 Å². The summed E-state index contributed by atoms with van der Waals surface area (Å²) in [7, 11) is 2.04. The van der Waals surface area contributed by atoms with Gasteiger partial charge in [-0.3, -0.25) is 0 Å². The Hall–Kier alpha value is -2.03. The van der Waals surface area contributed by atoms with E-state index in [2.05, 4.69) is 46.0 Å². The van der Waals surface area contributed by atoms with E-state index in [0.29, 0.717) is 0 Å². The van der Waals surface area contributed by atoms with Gasteiger partial charge in [0.2, 0.25) is 0 Å². The number of H-pyrrole nitrogens is 1. The third kappa shape index (κ3) is 1.33. The van der Waals surface area contributed by atoms with Crippen molar-refractivity contribution in [3.05, 3.63) is 42.4 Å². The first-order valence-corrected chi connectivity index (χ1v) is 5.31. The highest BCUT2D eigenvalue weighted by Crippen LogP contribution is 2.25. The van der Waals surface area contributed by atoms with Gasteiger partial charge in [0.25, 0.3) is 0 Å². The molecule has 0 aliphatic heterocycles. The molecule has 3 aromatic rings. The molecule has 0 atom stereocenters. The van der Waals surface area contributed by atoms with Crippen molar-refractivity contribution < 1.29 is 0 Å². The van der Waals surface area contributed by atoms with Crippen molar-refractivity contribution >= 4 is 11.0 Å². The van der Waals surface area contributed by atoms with Crippen molar-refractivity contribution in [2.75, 3.05) is 0 Å². The summed E-state index contributed by atoms with van der Waals surface area (Å²) >= 11 is 0. The molecule has 0 bridgehead atoms. The van der Waals surface area contributed by atoms with E-state index in [1.807, 2.05) is 13.1 Å². The molecule has 3 heterocycles. The third-order valence-corrected chi connectivity index (χ3v) is 2.84. The van der Waals surface area contributed by atoms with Gasteiger partial charge >= 0.3 is 0 Å². The minimum Gasteiger partial charge on any atom is -0.356 e. The smallest absolute Gasteiger partial charge is 0.137 e. The topological polar surface area (TPSA) is 33.6 Å². The average Bonchev–Trinajstić information content (AvgIpc) is 2.81. The van der Waals surface area contributed by atoms with Crippen LogP contribution >= 0.6 is 0 Å². The standard InChI is InChI=1S/C13H13N3/c1-9-7-16(2)8-11(9)12-6-10-4-3-5-14-13(10)15-12/h3-8H,1-2H3,(H,14,15). The molecule has 16 heavy (non-hydrogen) atoms. The van der Waals surface area contributed by atoms with Crippen molar-refractivity contribution in [2.45, 2.75) is 6.92 Å². The molecule has 80 valence electrons. The van der Waals surface area contributed by atoms with E-state index in [1.54, 1.807) is 6.20 Å². The van der Waals surface area contributed by atoms with Crippen molar-refractivity contribution in [1.82, 2.24) is 14.5 Å². The van der Waals surface area contributed by atoms with Gasteiger partial charge in [-0.05, 0) is 30.7 Å². The number of pyridine rings is 1. The van der Waals surface area contributed by atoms with Gasteiger partial charge in [0, 0.05) is 42.3 Å². The van der Waals surface area contributed by atoms with Gasteiger partial charge in [0.15, 0.2) is 0 Å². The fourth-order valence-corrected chi connectivity index (χ4v) is 2.10. The molecule has 0 amide bonds. The summed E-state index contributed by atoms with van der Waals surface area (Å²) in [6, 6.07) is 6.17. The number of nitrogens with one attached hydrogen (secondary N) is 1. The summed E-state index contributed by atoms with van der Waals surface area (Å²) in [6.45, 7) is 2.12. The Bertz CT molecular complexity index is 613. The lowest BCUT2D eigenvalue weighted by Gasteiger charge is -1.93. The number of hydrogen-bond donors (Lipinski definition) is 1. The van der Waals surface area contributed by atoms with Crippen molar-refractivity contribution in [2.24, 2.45) is 7.05 Å². The Morgan fingerprint density at radius 2 is 2.19 bits per heavy atom. The maximum Gasteiger partial charge on any atom is 0.137 e. The molecule has 3 heteroatoms. The highest BCUT2D eigenvalue weighted by atomic mass is 14.9. The van der Waals surface area contributed by atoms with Crippen LogP contribution in [-0.4, -0.2) is 14.5 Å². The van der Waals surface area contributed by atoms with Crippen molar-refractivity contribution in [3.63, 3.8) is 0 Å². The van der Waals surface area contributed by atoms with Crippen LogP contribution in [0.3, 0.4) is 0 Å². The lowest BCUT2D eigenvalue weighted by atomic mass is 10.1. The van der Waals surface area contributed by atoms with Crippen LogP contribution in [0.15, 0.2) is 36.8 Å². The van der Waals surface area contributed by atoms with E-state index >= 15 is 0 Å². The second-order valence-electron chi connectivity index (χ2n) is 4.14. The maximum absolute atomic E-state index is 4.30. The molecule has 0 saturated heterocycles. The maximum atomic E-state index is 4.30. The predicted octanol–water partition coefficient (Wildman–Crippen LogP) is 2.88. The number of rotatable bonds is 1. The van der Waals surface area contributed by atoms with E-state index in [9.17, 15) is 0 Å². The van der Waals surface area contributed by atoms with Gasteiger partial charge < -0.3 is 9.55 Å². The third-order valence-electron chi connectivity index (χ3n) is 2.84. The lowest BCUT2D eigenvalue weighted by molar-refractivity contribution is 0.925. The summed E-state index contributed by atoms with van der Waals surface area (Å²) in [5.74, 6) is 0. The highest BCUT2D eigenvalue weighted by Gasteiger charge is 2.07. The first kappa shape index (κ1) is 9.21. The van der Waals surface area contributed by atoms with Crippen LogP contribution in [0.4, 0.5) is 0 Å². The lowest BCUT2D eigenvalue weighted by Crippen LogP contribution is -1.78. The molecule has 3 aromatic heterocycles. The molecular formula is C13H13N3. The fraction of sp³-hybridized carbons (Fsp3) is 0.154. The van der Waals surface area contributed by atoms with Crippen molar-refractivity contribution in [1.29, 1.82) is 0 Å². The van der Waals surface area contributed by atoms with E-state index in [0.717, 1.165) is 16.7 Å². The molecule has 0 aliphatic carbocycles. The Morgan fingerprint density at radius 1 is 1.31 bits per heavy atom. The number of nitrogens with zero attached hydrogens (tertiary/aromatic N) is 2. The second-order valence-corrected chi connectivity index (χ2v) is 4.14. The van der Waals surface area contributed by atoms with E-state index in [1.165, 1.54) is 11.1 Å². The molecule has 3 nitrogen and oxygen atoms in total. The van der Waals surface area contributed by atoms with Crippen LogP contribution in [0.5, 0.6) is 0 Å². The second kappa shape index (κ2) is 3.23. The number of hydrogen-bond acceptors (Lipinski definition) is 1. The molecule has 0 spiro atoms. The van der Waals surface area contributed by atoms with Crippen LogP contribution in [-0.2, 0) is 7.05 Å². The molecule has 0 saturated carbocycles. The molecule has 0 fully saturated rings. The summed E-state index contributed by atoms with van der Waals surface area (Å²) in [5.41, 5.74) is 4.59. The minimum atomic E-state index is 0.945. The molecule has 1 N–H and O–H groups in total. The van der Waals surface area contributed by atoms with Crippen molar-refractivity contribution in [3.8, 4) is 11.3 Å². The summed E-state index contributed by atoms with van der Waals surface area (Å²) in [6.07, 6.45) is 6.05. The van der Waals surface area contributed by atoms with Gasteiger partial charge in [-0.2, -0.15) is 0 Å². The van der Waals surface area contributed by atoms with Crippen LogP contribution in [0, 0.1) is 6.92 Å². The molecule has 0 radical (unpaired) electrons. The first-order chi connectivity index (χ1) is 7.74. The quantitative estimate of drug-likeness (QED) is 0.659.